The van der Waals surface area contributed by atoms with Gasteiger partial charge in [0.1, 0.15) is 21.6 Å². The van der Waals surface area contributed by atoms with Gasteiger partial charge in [-0.05, 0) is 48.0 Å². The smallest absolute Gasteiger partial charge is 0.263 e. The van der Waals surface area contributed by atoms with Crippen LogP contribution in [0.1, 0.15) is 5.56 Å². The summed E-state index contributed by atoms with van der Waals surface area (Å²) in [5.74, 6) is 2.01. The van der Waals surface area contributed by atoms with Crippen LogP contribution in [0.5, 0.6) is 17.2 Å². The van der Waals surface area contributed by atoms with Crippen molar-refractivity contribution in [2.75, 3.05) is 7.11 Å². The van der Waals surface area contributed by atoms with E-state index in [0.717, 1.165) is 11.3 Å². The van der Waals surface area contributed by atoms with Crippen molar-refractivity contribution >= 4 is 40.3 Å². The van der Waals surface area contributed by atoms with Gasteiger partial charge in [0.2, 0.25) is 0 Å². The average Bonchev–Trinajstić information content (AvgIpc) is 2.86. The van der Waals surface area contributed by atoms with Gasteiger partial charge in [0.15, 0.2) is 0 Å². The van der Waals surface area contributed by atoms with Crippen molar-refractivity contribution in [3.8, 4) is 17.2 Å². The van der Waals surface area contributed by atoms with E-state index in [1.807, 2.05) is 48.5 Å². The lowest BCUT2D eigenvalue weighted by atomic mass is 10.2. The summed E-state index contributed by atoms with van der Waals surface area (Å²) in [6.45, 7) is 0. The number of hydrogen-bond acceptors (Lipinski definition) is 5. The van der Waals surface area contributed by atoms with Crippen LogP contribution in [0.2, 0.25) is 0 Å². The molecule has 1 heterocycles. The molecule has 0 saturated carbocycles. The number of methoxy groups -OCH3 is 1. The molecule has 0 aliphatic carbocycles. The van der Waals surface area contributed by atoms with E-state index in [1.54, 1.807) is 13.2 Å². The fraction of sp³-hybridized carbons (Fsp3) is 0.0588. The third-order valence-corrected chi connectivity index (χ3v) is 4.26. The molecule has 1 fully saturated rings. The van der Waals surface area contributed by atoms with E-state index in [9.17, 15) is 4.79 Å². The molecule has 3 rings (SSSR count). The lowest BCUT2D eigenvalue weighted by Crippen LogP contribution is -2.17. The third kappa shape index (κ3) is 3.91. The number of hydrogen-bond donors (Lipinski definition) is 1. The molecule has 2 aromatic carbocycles. The van der Waals surface area contributed by atoms with Gasteiger partial charge in [-0.3, -0.25) is 4.79 Å². The number of nitrogens with one attached hydrogen (secondary N) is 1. The molecule has 1 aliphatic rings. The highest BCUT2D eigenvalue weighted by Gasteiger charge is 2.21. The van der Waals surface area contributed by atoms with E-state index in [1.165, 1.54) is 11.8 Å². The molecule has 4 nitrogen and oxygen atoms in total. The van der Waals surface area contributed by atoms with Gasteiger partial charge in [0.25, 0.3) is 5.91 Å². The zero-order valence-electron chi connectivity index (χ0n) is 12.2. The van der Waals surface area contributed by atoms with Crippen molar-refractivity contribution in [3.63, 3.8) is 0 Å². The SMILES string of the molecule is COc1ccc(Oc2cccc(/C=C3/SC(=S)NC3=O)c2)cc1. The number of carbonyl (C=O) groups is 1. The van der Waals surface area contributed by atoms with E-state index in [2.05, 4.69) is 5.32 Å². The molecule has 0 aromatic heterocycles. The Balaban J connectivity index is 1.78. The first kappa shape index (κ1) is 15.6. The predicted octanol–water partition coefficient (Wildman–Crippen LogP) is 3.98. The maximum Gasteiger partial charge on any atom is 0.263 e. The summed E-state index contributed by atoms with van der Waals surface area (Å²) < 4.78 is 11.4. The number of thioether (sulfide) groups is 1. The summed E-state index contributed by atoms with van der Waals surface area (Å²) in [7, 11) is 1.62. The second kappa shape index (κ2) is 6.85. The number of ether oxygens (including phenoxy) is 2. The third-order valence-electron chi connectivity index (χ3n) is 3.09. The van der Waals surface area contributed by atoms with E-state index in [4.69, 9.17) is 21.7 Å². The highest BCUT2D eigenvalue weighted by Crippen LogP contribution is 2.28. The van der Waals surface area contributed by atoms with Crippen LogP contribution in [-0.2, 0) is 4.79 Å². The monoisotopic (exact) mass is 343 g/mol. The van der Waals surface area contributed by atoms with Crippen LogP contribution in [-0.4, -0.2) is 17.3 Å². The molecule has 1 N–H and O–H groups in total. The van der Waals surface area contributed by atoms with Crippen molar-refractivity contribution in [2.24, 2.45) is 0 Å². The molecule has 2 aromatic rings. The zero-order valence-corrected chi connectivity index (χ0v) is 13.9. The van der Waals surface area contributed by atoms with Crippen LogP contribution in [0.15, 0.2) is 53.4 Å². The second-order valence-corrected chi connectivity index (χ2v) is 6.42. The highest BCUT2D eigenvalue weighted by molar-refractivity contribution is 8.26. The maximum atomic E-state index is 11.7. The minimum absolute atomic E-state index is 0.165. The Hall–Kier alpha value is -2.31. The fourth-order valence-electron chi connectivity index (χ4n) is 2.02. The van der Waals surface area contributed by atoms with Crippen molar-refractivity contribution in [3.05, 3.63) is 59.0 Å². The molecule has 0 atom stereocenters. The number of rotatable bonds is 4. The topological polar surface area (TPSA) is 47.6 Å². The van der Waals surface area contributed by atoms with Gasteiger partial charge in [-0.1, -0.05) is 36.1 Å². The highest BCUT2D eigenvalue weighted by atomic mass is 32.2. The molecule has 0 bridgehead atoms. The van der Waals surface area contributed by atoms with E-state index in [-0.39, 0.29) is 5.91 Å². The Morgan fingerprint density at radius 1 is 1.09 bits per heavy atom. The Morgan fingerprint density at radius 3 is 2.48 bits per heavy atom. The standard InChI is InChI=1S/C17H13NO3S2/c1-20-12-5-7-13(8-6-12)21-14-4-2-3-11(9-14)10-15-16(19)18-17(22)23-15/h2-10H,1H3,(H,18,19,22)/b15-10+. The van der Waals surface area contributed by atoms with Gasteiger partial charge in [0, 0.05) is 0 Å². The molecule has 0 unspecified atom stereocenters. The minimum Gasteiger partial charge on any atom is -0.497 e. The second-order valence-electron chi connectivity index (χ2n) is 4.70. The van der Waals surface area contributed by atoms with Gasteiger partial charge >= 0.3 is 0 Å². The largest absolute Gasteiger partial charge is 0.497 e. The first-order chi connectivity index (χ1) is 11.1. The van der Waals surface area contributed by atoms with Gasteiger partial charge in [-0.25, -0.2) is 0 Å². The zero-order chi connectivity index (χ0) is 16.2. The van der Waals surface area contributed by atoms with Crippen molar-refractivity contribution in [2.45, 2.75) is 0 Å². The summed E-state index contributed by atoms with van der Waals surface area (Å²) in [5.41, 5.74) is 0.873. The summed E-state index contributed by atoms with van der Waals surface area (Å²) in [6.07, 6.45) is 1.79. The molecule has 1 saturated heterocycles. The van der Waals surface area contributed by atoms with Crippen molar-refractivity contribution in [1.82, 2.24) is 5.32 Å². The number of benzene rings is 2. The van der Waals surface area contributed by atoms with E-state index < -0.39 is 0 Å². The molecule has 1 aliphatic heterocycles. The number of thiocarbonyl (C=S) groups is 1. The lowest BCUT2D eigenvalue weighted by Gasteiger charge is -2.07. The maximum absolute atomic E-state index is 11.7. The van der Waals surface area contributed by atoms with Gasteiger partial charge in [0.05, 0.1) is 12.0 Å². The van der Waals surface area contributed by atoms with E-state index >= 15 is 0 Å². The molecule has 116 valence electrons. The predicted molar refractivity (Wildman–Crippen MR) is 95.8 cm³/mol. The Bertz CT molecular complexity index is 785. The molecule has 23 heavy (non-hydrogen) atoms. The molecular formula is C17H13NO3S2. The Labute approximate surface area is 143 Å². The Morgan fingerprint density at radius 2 is 1.83 bits per heavy atom. The van der Waals surface area contributed by atoms with Crippen LogP contribution in [0, 0.1) is 0 Å². The van der Waals surface area contributed by atoms with Gasteiger partial charge in [-0.15, -0.1) is 0 Å². The quantitative estimate of drug-likeness (QED) is 0.672. The molecule has 0 radical (unpaired) electrons. The molecule has 0 spiro atoms. The molecule has 1 amide bonds. The van der Waals surface area contributed by atoms with Gasteiger partial charge in [-0.2, -0.15) is 0 Å². The summed E-state index contributed by atoms with van der Waals surface area (Å²) >= 11 is 6.24. The van der Waals surface area contributed by atoms with Crippen LogP contribution in [0.4, 0.5) is 0 Å². The first-order valence-electron chi connectivity index (χ1n) is 6.81. The molecule has 6 heteroatoms. The Kier molecular flexibility index (Phi) is 4.64. The summed E-state index contributed by atoms with van der Waals surface area (Å²) in [4.78, 5) is 12.3. The fourth-order valence-corrected chi connectivity index (χ4v) is 3.06. The van der Waals surface area contributed by atoms with Crippen LogP contribution in [0.3, 0.4) is 0 Å². The first-order valence-corrected chi connectivity index (χ1v) is 8.03. The number of carbonyl (C=O) groups excluding carboxylic acids is 1. The summed E-state index contributed by atoms with van der Waals surface area (Å²) in [5, 5.41) is 2.60. The van der Waals surface area contributed by atoms with E-state index in [0.29, 0.717) is 20.7 Å². The normalized spacial score (nSPS) is 15.6. The van der Waals surface area contributed by atoms with Gasteiger partial charge < -0.3 is 14.8 Å². The minimum atomic E-state index is -0.165. The lowest BCUT2D eigenvalue weighted by molar-refractivity contribution is -0.115. The number of amides is 1. The van der Waals surface area contributed by atoms with Crippen LogP contribution >= 0.6 is 24.0 Å². The van der Waals surface area contributed by atoms with Crippen LogP contribution < -0.4 is 14.8 Å². The van der Waals surface area contributed by atoms with Crippen molar-refractivity contribution in [1.29, 1.82) is 0 Å². The van der Waals surface area contributed by atoms with Crippen molar-refractivity contribution < 1.29 is 14.3 Å². The average molecular weight is 343 g/mol. The summed E-state index contributed by atoms with van der Waals surface area (Å²) in [6, 6.07) is 14.9. The van der Waals surface area contributed by atoms with Crippen LogP contribution in [0.25, 0.3) is 6.08 Å². The molecular weight excluding hydrogens is 330 g/mol.